The number of nitrogens with zero attached hydrogens (tertiary/aromatic N) is 5. The molecule has 26 heavy (non-hydrogen) atoms. The Bertz CT molecular complexity index is 763. The molecule has 1 spiro atoms. The third-order valence-electron chi connectivity index (χ3n) is 6.58. The number of anilines is 1. The van der Waals surface area contributed by atoms with E-state index in [0.29, 0.717) is 51.1 Å². The highest BCUT2D eigenvalue weighted by Crippen LogP contribution is 2.45. The molecule has 1 aromatic rings. The fourth-order valence-corrected chi connectivity index (χ4v) is 4.84. The van der Waals surface area contributed by atoms with Crippen LogP contribution in [0.4, 0.5) is 5.82 Å². The fourth-order valence-electron chi connectivity index (χ4n) is 4.84. The van der Waals surface area contributed by atoms with Gasteiger partial charge in [-0.3, -0.25) is 19.2 Å². The molecule has 3 aliphatic rings. The number of carbonyl (C=O) groups is 2. The maximum atomic E-state index is 13.1. The van der Waals surface area contributed by atoms with Gasteiger partial charge in [0.25, 0.3) is 0 Å². The van der Waals surface area contributed by atoms with Gasteiger partial charge in [-0.2, -0.15) is 10.4 Å². The Hall–Kier alpha value is -2.36. The number of rotatable bonds is 2. The number of aryl methyl sites for hydroxylation is 1. The summed E-state index contributed by atoms with van der Waals surface area (Å²) in [5.41, 5.74) is -1.19. The normalized spacial score (nSPS) is 24.2. The largest absolute Gasteiger partial charge is 0.341 e. The Balaban J connectivity index is 1.44. The molecule has 138 valence electrons. The predicted octanol–water partition coefficient (Wildman–Crippen LogP) is 1.85. The van der Waals surface area contributed by atoms with E-state index in [1.165, 1.54) is 0 Å². The van der Waals surface area contributed by atoms with Crippen LogP contribution in [0.3, 0.4) is 0 Å². The molecule has 0 unspecified atom stereocenters. The summed E-state index contributed by atoms with van der Waals surface area (Å²) in [5, 5.41) is 13.9. The van der Waals surface area contributed by atoms with Crippen LogP contribution in [0.2, 0.25) is 0 Å². The summed E-state index contributed by atoms with van der Waals surface area (Å²) in [6.45, 7) is 1.83. The van der Waals surface area contributed by atoms with E-state index in [-0.39, 0.29) is 17.2 Å². The van der Waals surface area contributed by atoms with Gasteiger partial charge in [-0.15, -0.1) is 0 Å². The number of hydrogen-bond donors (Lipinski definition) is 0. The van der Waals surface area contributed by atoms with Crippen molar-refractivity contribution in [3.63, 3.8) is 0 Å². The van der Waals surface area contributed by atoms with Crippen LogP contribution in [0, 0.1) is 22.2 Å². The smallest absolute Gasteiger partial charge is 0.243 e. The number of aromatic nitrogens is 2. The second-order valence-corrected chi connectivity index (χ2v) is 8.03. The van der Waals surface area contributed by atoms with E-state index in [1.54, 1.807) is 9.58 Å². The minimum Gasteiger partial charge on any atom is -0.341 e. The summed E-state index contributed by atoms with van der Waals surface area (Å²) in [6.07, 6.45) is 7.28. The molecule has 2 aliphatic heterocycles. The second kappa shape index (κ2) is 6.11. The van der Waals surface area contributed by atoms with Crippen molar-refractivity contribution < 1.29 is 9.59 Å². The average molecular weight is 355 g/mol. The molecule has 7 heteroatoms. The van der Waals surface area contributed by atoms with Crippen molar-refractivity contribution in [2.75, 3.05) is 24.5 Å². The van der Waals surface area contributed by atoms with Crippen molar-refractivity contribution >= 4 is 17.6 Å². The van der Waals surface area contributed by atoms with Crippen LogP contribution in [0.25, 0.3) is 0 Å². The number of amides is 2. The van der Waals surface area contributed by atoms with Crippen LogP contribution in [0.15, 0.2) is 12.3 Å². The first-order valence-electron chi connectivity index (χ1n) is 9.52. The van der Waals surface area contributed by atoms with Crippen molar-refractivity contribution in [1.82, 2.24) is 14.7 Å². The van der Waals surface area contributed by atoms with Gasteiger partial charge in [-0.1, -0.05) is 12.8 Å². The average Bonchev–Trinajstić information content (AvgIpc) is 3.37. The SMILES string of the molecule is Cn1ccc(N2CCC3(CCN(C(=O)C4(C#N)CCCC4)CC3)C2=O)n1. The van der Waals surface area contributed by atoms with E-state index in [2.05, 4.69) is 11.2 Å². The minimum atomic E-state index is -0.815. The van der Waals surface area contributed by atoms with Gasteiger partial charge in [-0.05, 0) is 32.1 Å². The minimum absolute atomic E-state index is 0.0145. The van der Waals surface area contributed by atoms with Crippen molar-refractivity contribution in [2.45, 2.75) is 44.9 Å². The molecule has 0 aromatic carbocycles. The van der Waals surface area contributed by atoms with Crippen molar-refractivity contribution in [3.8, 4) is 6.07 Å². The van der Waals surface area contributed by atoms with Crippen LogP contribution in [0.1, 0.15) is 44.9 Å². The van der Waals surface area contributed by atoms with Gasteiger partial charge in [-0.25, -0.2) is 0 Å². The van der Waals surface area contributed by atoms with Gasteiger partial charge in [0.05, 0.1) is 11.5 Å². The van der Waals surface area contributed by atoms with E-state index in [1.807, 2.05) is 24.2 Å². The lowest BCUT2D eigenvalue weighted by Gasteiger charge is -2.40. The Morgan fingerprint density at radius 3 is 2.38 bits per heavy atom. The maximum Gasteiger partial charge on any atom is 0.243 e. The third-order valence-corrected chi connectivity index (χ3v) is 6.58. The van der Waals surface area contributed by atoms with E-state index in [4.69, 9.17) is 0 Å². The van der Waals surface area contributed by atoms with Crippen LogP contribution in [-0.2, 0) is 16.6 Å². The predicted molar refractivity (Wildman–Crippen MR) is 94.9 cm³/mol. The summed E-state index contributed by atoms with van der Waals surface area (Å²) >= 11 is 0. The van der Waals surface area contributed by atoms with Crippen LogP contribution >= 0.6 is 0 Å². The molecule has 0 radical (unpaired) electrons. The standard InChI is InChI=1S/C19H25N5O2/c1-22-10-4-15(21-22)24-13-9-18(17(24)26)7-11-23(12-8-18)16(25)19(14-20)5-2-3-6-19/h4,10H,2-3,5-9,11-13H2,1H3. The first kappa shape index (κ1) is 17.1. The maximum absolute atomic E-state index is 13.1. The first-order valence-corrected chi connectivity index (χ1v) is 9.52. The van der Waals surface area contributed by atoms with Crippen molar-refractivity contribution in [3.05, 3.63) is 12.3 Å². The number of likely N-dealkylation sites (tertiary alicyclic amines) is 1. The van der Waals surface area contributed by atoms with Crippen molar-refractivity contribution in [1.29, 1.82) is 5.26 Å². The highest BCUT2D eigenvalue weighted by atomic mass is 16.2. The zero-order valence-electron chi connectivity index (χ0n) is 15.3. The highest BCUT2D eigenvalue weighted by Gasteiger charge is 2.51. The molecule has 0 N–H and O–H groups in total. The molecule has 1 saturated carbocycles. The van der Waals surface area contributed by atoms with Crippen LogP contribution < -0.4 is 4.90 Å². The molecular weight excluding hydrogens is 330 g/mol. The lowest BCUT2D eigenvalue weighted by molar-refractivity contribution is -0.143. The summed E-state index contributed by atoms with van der Waals surface area (Å²) in [6, 6.07) is 4.17. The number of hydrogen-bond acceptors (Lipinski definition) is 4. The van der Waals surface area contributed by atoms with E-state index >= 15 is 0 Å². The molecule has 1 aromatic heterocycles. The molecule has 0 bridgehead atoms. The lowest BCUT2D eigenvalue weighted by atomic mass is 9.76. The molecule has 4 rings (SSSR count). The van der Waals surface area contributed by atoms with Gasteiger partial charge in [0.15, 0.2) is 5.82 Å². The molecule has 2 saturated heterocycles. The lowest BCUT2D eigenvalue weighted by Crippen LogP contribution is -2.50. The third kappa shape index (κ3) is 2.51. The molecule has 3 heterocycles. The Labute approximate surface area is 153 Å². The van der Waals surface area contributed by atoms with Crippen LogP contribution in [-0.4, -0.2) is 46.1 Å². The summed E-state index contributed by atoms with van der Waals surface area (Å²) in [5.74, 6) is 0.834. The monoisotopic (exact) mass is 355 g/mol. The van der Waals surface area contributed by atoms with Gasteiger partial charge < -0.3 is 4.90 Å². The Morgan fingerprint density at radius 2 is 1.81 bits per heavy atom. The number of piperidine rings is 1. The molecule has 1 aliphatic carbocycles. The van der Waals surface area contributed by atoms with Crippen molar-refractivity contribution in [2.24, 2.45) is 17.9 Å². The van der Waals surface area contributed by atoms with Gasteiger partial charge >= 0.3 is 0 Å². The van der Waals surface area contributed by atoms with Gasteiger partial charge in [0.1, 0.15) is 5.41 Å². The molecule has 3 fully saturated rings. The topological polar surface area (TPSA) is 82.2 Å². The van der Waals surface area contributed by atoms with Crippen LogP contribution in [0.5, 0.6) is 0 Å². The van der Waals surface area contributed by atoms with Gasteiger partial charge in [0, 0.05) is 38.9 Å². The number of nitriles is 1. The zero-order valence-corrected chi connectivity index (χ0v) is 15.3. The van der Waals surface area contributed by atoms with E-state index in [0.717, 1.165) is 19.3 Å². The van der Waals surface area contributed by atoms with E-state index in [9.17, 15) is 14.9 Å². The van der Waals surface area contributed by atoms with Gasteiger partial charge in [0.2, 0.25) is 11.8 Å². The summed E-state index contributed by atoms with van der Waals surface area (Å²) in [7, 11) is 1.85. The fraction of sp³-hybridized carbons (Fsp3) is 0.684. The molecule has 0 atom stereocenters. The second-order valence-electron chi connectivity index (χ2n) is 8.03. The molecule has 7 nitrogen and oxygen atoms in total. The Kier molecular flexibility index (Phi) is 4.02. The molecule has 2 amide bonds. The summed E-state index contributed by atoms with van der Waals surface area (Å²) < 4.78 is 1.71. The molecular formula is C19H25N5O2. The summed E-state index contributed by atoms with van der Waals surface area (Å²) in [4.78, 5) is 29.6. The van der Waals surface area contributed by atoms with E-state index < -0.39 is 5.41 Å². The highest BCUT2D eigenvalue weighted by molar-refractivity contribution is 5.99. The number of carbonyl (C=O) groups excluding carboxylic acids is 2. The quantitative estimate of drug-likeness (QED) is 0.811. The zero-order chi connectivity index (χ0) is 18.4. The Morgan fingerprint density at radius 1 is 1.15 bits per heavy atom. The first-order chi connectivity index (χ1) is 12.5.